The molecule has 3 heterocycles. The average Bonchev–Trinajstić information content (AvgIpc) is 3.21. The Morgan fingerprint density at radius 2 is 1.94 bits per heavy atom. The Bertz CT molecular complexity index is 1030. The molecule has 1 unspecified atom stereocenters. The molecule has 0 amide bonds. The zero-order valence-electron chi connectivity index (χ0n) is 19.9. The van der Waals surface area contributed by atoms with Gasteiger partial charge in [-0.25, -0.2) is 18.1 Å². The molecule has 178 valence electrons. The monoisotopic (exact) mass is 479 g/mol. The SMILES string of the molecule is CCSCCCc1nc(-c2cc(S(=O)(=O)N3CCCCC3)cn2C)n(C(C)C2(C)CC2)n1. The van der Waals surface area contributed by atoms with E-state index in [1.54, 1.807) is 16.6 Å². The number of rotatable bonds is 10. The van der Waals surface area contributed by atoms with Crippen LogP contribution in [0.2, 0.25) is 0 Å². The molecule has 1 atom stereocenters. The van der Waals surface area contributed by atoms with Crippen LogP contribution in [0.1, 0.15) is 71.2 Å². The smallest absolute Gasteiger partial charge is 0.244 e. The molecule has 7 nitrogen and oxygen atoms in total. The predicted molar refractivity (Wildman–Crippen MR) is 130 cm³/mol. The fourth-order valence-electron chi connectivity index (χ4n) is 4.46. The molecule has 2 aromatic rings. The highest BCUT2D eigenvalue weighted by molar-refractivity contribution is 7.99. The lowest BCUT2D eigenvalue weighted by atomic mass is 10.0. The molecule has 1 aliphatic carbocycles. The second-order valence-corrected chi connectivity index (χ2v) is 12.9. The summed E-state index contributed by atoms with van der Waals surface area (Å²) >= 11 is 1.94. The summed E-state index contributed by atoms with van der Waals surface area (Å²) in [5.41, 5.74) is 1.06. The summed E-state index contributed by atoms with van der Waals surface area (Å²) in [6, 6.07) is 2.02. The Morgan fingerprint density at radius 1 is 1.22 bits per heavy atom. The van der Waals surface area contributed by atoms with E-state index >= 15 is 0 Å². The molecule has 1 saturated carbocycles. The summed E-state index contributed by atoms with van der Waals surface area (Å²) in [7, 11) is -1.57. The van der Waals surface area contributed by atoms with E-state index in [0.29, 0.717) is 18.0 Å². The van der Waals surface area contributed by atoms with Crippen molar-refractivity contribution in [2.45, 2.75) is 76.7 Å². The van der Waals surface area contributed by atoms with Crippen molar-refractivity contribution in [2.24, 2.45) is 12.5 Å². The van der Waals surface area contributed by atoms with E-state index < -0.39 is 10.0 Å². The first-order chi connectivity index (χ1) is 15.3. The van der Waals surface area contributed by atoms with Crippen LogP contribution in [0, 0.1) is 5.41 Å². The van der Waals surface area contributed by atoms with Gasteiger partial charge in [0.1, 0.15) is 4.90 Å². The van der Waals surface area contributed by atoms with Gasteiger partial charge in [0.15, 0.2) is 11.6 Å². The second kappa shape index (κ2) is 9.50. The molecule has 1 aliphatic heterocycles. The number of aryl methyl sites for hydroxylation is 2. The third kappa shape index (κ3) is 4.80. The van der Waals surface area contributed by atoms with Crippen molar-refractivity contribution in [3.63, 3.8) is 0 Å². The van der Waals surface area contributed by atoms with Crippen LogP contribution < -0.4 is 0 Å². The molecule has 0 aromatic carbocycles. The van der Waals surface area contributed by atoms with Crippen LogP contribution in [-0.4, -0.2) is 56.6 Å². The number of hydrogen-bond acceptors (Lipinski definition) is 5. The molecular formula is C23H37N5O2S2. The van der Waals surface area contributed by atoms with E-state index in [1.165, 1.54) is 12.8 Å². The average molecular weight is 480 g/mol. The first-order valence-electron chi connectivity index (χ1n) is 12.0. The maximum absolute atomic E-state index is 13.2. The molecule has 0 bridgehead atoms. The van der Waals surface area contributed by atoms with Gasteiger partial charge in [-0.2, -0.15) is 21.2 Å². The lowest BCUT2D eigenvalue weighted by molar-refractivity contribution is 0.332. The number of piperidine rings is 1. The Labute approximate surface area is 197 Å². The van der Waals surface area contributed by atoms with Crippen LogP contribution >= 0.6 is 11.8 Å². The van der Waals surface area contributed by atoms with Gasteiger partial charge in [-0.3, -0.25) is 0 Å². The predicted octanol–water partition coefficient (Wildman–Crippen LogP) is 4.51. The van der Waals surface area contributed by atoms with E-state index in [4.69, 9.17) is 10.1 Å². The van der Waals surface area contributed by atoms with E-state index in [-0.39, 0.29) is 11.5 Å². The molecule has 9 heteroatoms. The number of aromatic nitrogens is 4. The first-order valence-corrected chi connectivity index (χ1v) is 14.6. The van der Waals surface area contributed by atoms with Crippen molar-refractivity contribution in [1.29, 1.82) is 0 Å². The number of nitrogens with zero attached hydrogens (tertiary/aromatic N) is 5. The van der Waals surface area contributed by atoms with Gasteiger partial charge < -0.3 is 4.57 Å². The van der Waals surface area contributed by atoms with Gasteiger partial charge >= 0.3 is 0 Å². The maximum atomic E-state index is 13.2. The van der Waals surface area contributed by atoms with Gasteiger partial charge in [0.25, 0.3) is 0 Å². The van der Waals surface area contributed by atoms with Crippen LogP contribution in [0.15, 0.2) is 17.2 Å². The van der Waals surface area contributed by atoms with Crippen molar-refractivity contribution in [2.75, 3.05) is 24.6 Å². The zero-order valence-corrected chi connectivity index (χ0v) is 21.5. The minimum absolute atomic E-state index is 0.223. The van der Waals surface area contributed by atoms with Crippen LogP contribution in [0.5, 0.6) is 0 Å². The third-order valence-corrected chi connectivity index (χ3v) is 9.99. The number of hydrogen-bond donors (Lipinski definition) is 0. The molecule has 32 heavy (non-hydrogen) atoms. The summed E-state index contributed by atoms with van der Waals surface area (Å²) < 4.78 is 32.1. The molecule has 0 radical (unpaired) electrons. The van der Waals surface area contributed by atoms with Crippen LogP contribution in [0.4, 0.5) is 0 Å². The Kier molecular flexibility index (Phi) is 7.08. The molecule has 0 spiro atoms. The minimum atomic E-state index is -3.48. The van der Waals surface area contributed by atoms with Gasteiger partial charge in [0.05, 0.1) is 11.7 Å². The van der Waals surface area contributed by atoms with E-state index in [0.717, 1.165) is 61.0 Å². The van der Waals surface area contributed by atoms with E-state index in [1.807, 2.05) is 23.4 Å². The summed E-state index contributed by atoms with van der Waals surface area (Å²) in [5, 5.41) is 4.92. The standard InChI is InChI=1S/C23H37N5O2S2/c1-5-31-15-9-10-21-24-22(28(25-21)18(2)23(3)11-12-23)20-16-19(17-26(20)4)32(29,30)27-13-7-6-8-14-27/h16-18H,5-15H2,1-4H3. The first kappa shape index (κ1) is 23.8. The van der Waals surface area contributed by atoms with Crippen LogP contribution in [0.3, 0.4) is 0 Å². The summed E-state index contributed by atoms with van der Waals surface area (Å²) in [6.45, 7) is 7.92. The van der Waals surface area contributed by atoms with Gasteiger partial charge in [0, 0.05) is 32.8 Å². The van der Waals surface area contributed by atoms with Gasteiger partial charge in [0.2, 0.25) is 10.0 Å². The number of sulfonamides is 1. The molecule has 2 aliphatic rings. The Hall–Kier alpha value is -1.32. The summed E-state index contributed by atoms with van der Waals surface area (Å²) in [4.78, 5) is 5.28. The van der Waals surface area contributed by atoms with Crippen molar-refractivity contribution >= 4 is 21.8 Å². The highest BCUT2D eigenvalue weighted by atomic mass is 32.2. The third-order valence-electron chi connectivity index (χ3n) is 7.14. The summed E-state index contributed by atoms with van der Waals surface area (Å²) in [5.74, 6) is 3.87. The normalized spacial score (nSPS) is 19.9. The fraction of sp³-hybridized carbons (Fsp3) is 0.739. The van der Waals surface area contributed by atoms with E-state index in [9.17, 15) is 8.42 Å². The van der Waals surface area contributed by atoms with Gasteiger partial charge in [-0.05, 0) is 62.0 Å². The van der Waals surface area contributed by atoms with Gasteiger partial charge in [-0.15, -0.1) is 0 Å². The van der Waals surface area contributed by atoms with Crippen LogP contribution in [0.25, 0.3) is 11.5 Å². The quantitative estimate of drug-likeness (QED) is 0.469. The molecule has 4 rings (SSSR count). The highest BCUT2D eigenvalue weighted by Gasteiger charge is 2.45. The van der Waals surface area contributed by atoms with Crippen molar-refractivity contribution in [1.82, 2.24) is 23.6 Å². The highest BCUT2D eigenvalue weighted by Crippen LogP contribution is 2.54. The maximum Gasteiger partial charge on any atom is 0.244 e. The van der Waals surface area contributed by atoms with Crippen molar-refractivity contribution < 1.29 is 8.42 Å². The zero-order chi connectivity index (χ0) is 22.9. The topological polar surface area (TPSA) is 73.0 Å². The Balaban J connectivity index is 1.66. The molecular weight excluding hydrogens is 442 g/mol. The number of thioether (sulfide) groups is 1. The largest absolute Gasteiger partial charge is 0.347 e. The minimum Gasteiger partial charge on any atom is -0.347 e. The fourth-order valence-corrected chi connectivity index (χ4v) is 6.68. The molecule has 0 N–H and O–H groups in total. The lowest BCUT2D eigenvalue weighted by Crippen LogP contribution is -2.35. The summed E-state index contributed by atoms with van der Waals surface area (Å²) in [6.07, 6.45) is 8.99. The second-order valence-electron chi connectivity index (χ2n) is 9.56. The van der Waals surface area contributed by atoms with E-state index in [2.05, 4.69) is 25.5 Å². The van der Waals surface area contributed by atoms with Gasteiger partial charge in [-0.1, -0.05) is 20.3 Å². The molecule has 1 saturated heterocycles. The van der Waals surface area contributed by atoms with Crippen molar-refractivity contribution in [3.05, 3.63) is 18.1 Å². The lowest BCUT2D eigenvalue weighted by Gasteiger charge is -2.25. The molecule has 2 aromatic heterocycles. The van der Waals surface area contributed by atoms with Crippen LogP contribution in [-0.2, 0) is 23.5 Å². The molecule has 2 fully saturated rings. The van der Waals surface area contributed by atoms with Crippen molar-refractivity contribution in [3.8, 4) is 11.5 Å². The Morgan fingerprint density at radius 3 is 2.59 bits per heavy atom.